The molecule has 0 aromatic heterocycles. The van der Waals surface area contributed by atoms with Crippen LogP contribution in [0.1, 0.15) is 11.1 Å². The van der Waals surface area contributed by atoms with Crippen molar-refractivity contribution < 1.29 is 22.0 Å². The highest BCUT2D eigenvalue weighted by Gasteiger charge is 2.49. The molecule has 0 radical (unpaired) electrons. The molecule has 17 heavy (non-hydrogen) atoms. The maximum absolute atomic E-state index is 13.9. The van der Waals surface area contributed by atoms with Crippen molar-refractivity contribution in [2.75, 3.05) is 13.1 Å². The second kappa shape index (κ2) is 3.94. The standard InChI is InChI=1S/C11H10F5N/c12-10(13,7-5-17-6-7)8-3-1-2-4-9(8)11(14,15)16/h1-4,7,17H,5-6H2. The van der Waals surface area contributed by atoms with E-state index in [9.17, 15) is 22.0 Å². The number of hydrogen-bond donors (Lipinski definition) is 1. The molecule has 1 fully saturated rings. The molecular weight excluding hydrogens is 241 g/mol. The zero-order valence-corrected chi connectivity index (χ0v) is 8.69. The molecule has 1 aromatic carbocycles. The molecular formula is C11H10F5N. The molecule has 2 rings (SSSR count). The third-order valence-electron chi connectivity index (χ3n) is 2.89. The monoisotopic (exact) mass is 251 g/mol. The van der Waals surface area contributed by atoms with E-state index in [2.05, 4.69) is 5.32 Å². The Labute approximate surface area is 94.6 Å². The normalized spacial score (nSPS) is 17.9. The number of halogens is 5. The lowest BCUT2D eigenvalue weighted by Crippen LogP contribution is -2.50. The predicted octanol–water partition coefficient (Wildman–Crippen LogP) is 3.02. The molecule has 0 saturated carbocycles. The minimum absolute atomic E-state index is 0.0409. The van der Waals surface area contributed by atoms with E-state index in [-0.39, 0.29) is 13.1 Å². The lowest BCUT2D eigenvalue weighted by Gasteiger charge is -2.35. The molecule has 1 heterocycles. The minimum Gasteiger partial charge on any atom is -0.316 e. The maximum atomic E-state index is 13.9. The first-order valence-electron chi connectivity index (χ1n) is 5.08. The molecule has 94 valence electrons. The van der Waals surface area contributed by atoms with Gasteiger partial charge in [0.2, 0.25) is 0 Å². The molecule has 1 aliphatic heterocycles. The molecule has 6 heteroatoms. The van der Waals surface area contributed by atoms with Crippen LogP contribution >= 0.6 is 0 Å². The molecule has 0 aliphatic carbocycles. The first kappa shape index (κ1) is 12.3. The van der Waals surface area contributed by atoms with Gasteiger partial charge in [0.25, 0.3) is 5.92 Å². The van der Waals surface area contributed by atoms with Gasteiger partial charge in [0.05, 0.1) is 11.5 Å². The largest absolute Gasteiger partial charge is 0.416 e. The molecule has 0 atom stereocenters. The van der Waals surface area contributed by atoms with E-state index in [1.165, 1.54) is 6.07 Å². The summed E-state index contributed by atoms with van der Waals surface area (Å²) in [5.74, 6) is -4.51. The Balaban J connectivity index is 2.44. The topological polar surface area (TPSA) is 12.0 Å². The van der Waals surface area contributed by atoms with Crippen LogP contribution in [0.15, 0.2) is 24.3 Å². The molecule has 0 spiro atoms. The van der Waals surface area contributed by atoms with Crippen molar-refractivity contribution in [3.05, 3.63) is 35.4 Å². The molecule has 0 bridgehead atoms. The van der Waals surface area contributed by atoms with E-state index in [1.54, 1.807) is 0 Å². The van der Waals surface area contributed by atoms with Crippen molar-refractivity contribution >= 4 is 0 Å². The van der Waals surface area contributed by atoms with Crippen LogP contribution in [0.3, 0.4) is 0 Å². The van der Waals surface area contributed by atoms with Gasteiger partial charge in [-0.25, -0.2) is 8.78 Å². The lowest BCUT2D eigenvalue weighted by molar-refractivity contribution is -0.146. The number of nitrogens with one attached hydrogen (secondary N) is 1. The van der Waals surface area contributed by atoms with E-state index >= 15 is 0 Å². The highest BCUT2D eigenvalue weighted by Crippen LogP contribution is 2.44. The summed E-state index contributed by atoms with van der Waals surface area (Å²) in [6.45, 7) is 0.0817. The third-order valence-corrected chi connectivity index (χ3v) is 2.89. The zero-order valence-electron chi connectivity index (χ0n) is 8.69. The first-order chi connectivity index (χ1) is 7.83. The fourth-order valence-electron chi connectivity index (χ4n) is 1.79. The Bertz CT molecular complexity index is 409. The lowest BCUT2D eigenvalue weighted by atomic mass is 9.87. The van der Waals surface area contributed by atoms with Gasteiger partial charge >= 0.3 is 6.18 Å². The SMILES string of the molecule is FC(F)(F)c1ccccc1C(F)(F)C1CNC1. The van der Waals surface area contributed by atoms with Crippen LogP contribution in [0.25, 0.3) is 0 Å². The Kier molecular flexibility index (Phi) is 2.85. The van der Waals surface area contributed by atoms with Crippen LogP contribution in [-0.4, -0.2) is 13.1 Å². The molecule has 0 unspecified atom stereocenters. The Morgan fingerprint density at radius 1 is 0.941 bits per heavy atom. The molecule has 1 saturated heterocycles. The van der Waals surface area contributed by atoms with Crippen molar-refractivity contribution in [3.63, 3.8) is 0 Å². The van der Waals surface area contributed by atoms with Gasteiger partial charge in [0.1, 0.15) is 0 Å². The number of benzene rings is 1. The van der Waals surface area contributed by atoms with Crippen molar-refractivity contribution in [2.45, 2.75) is 12.1 Å². The van der Waals surface area contributed by atoms with Crippen molar-refractivity contribution in [1.29, 1.82) is 0 Å². The molecule has 1 aromatic rings. The fraction of sp³-hybridized carbons (Fsp3) is 0.455. The van der Waals surface area contributed by atoms with E-state index < -0.39 is 29.1 Å². The van der Waals surface area contributed by atoms with Crippen LogP contribution in [0.2, 0.25) is 0 Å². The second-order valence-electron chi connectivity index (χ2n) is 4.02. The van der Waals surface area contributed by atoms with Gasteiger partial charge in [0, 0.05) is 18.7 Å². The highest BCUT2D eigenvalue weighted by molar-refractivity contribution is 5.34. The Morgan fingerprint density at radius 2 is 1.47 bits per heavy atom. The number of hydrogen-bond acceptors (Lipinski definition) is 1. The van der Waals surface area contributed by atoms with Crippen molar-refractivity contribution in [3.8, 4) is 0 Å². The average molecular weight is 251 g/mol. The summed E-state index contributed by atoms with van der Waals surface area (Å²) in [6, 6.07) is 3.85. The van der Waals surface area contributed by atoms with E-state index in [1.807, 2.05) is 0 Å². The van der Waals surface area contributed by atoms with E-state index in [0.29, 0.717) is 6.07 Å². The highest BCUT2D eigenvalue weighted by atomic mass is 19.4. The molecule has 0 amide bonds. The fourth-order valence-corrected chi connectivity index (χ4v) is 1.79. The molecule has 1 N–H and O–H groups in total. The van der Waals surface area contributed by atoms with Gasteiger partial charge in [-0.15, -0.1) is 0 Å². The van der Waals surface area contributed by atoms with Gasteiger partial charge in [-0.3, -0.25) is 0 Å². The van der Waals surface area contributed by atoms with Crippen LogP contribution in [-0.2, 0) is 12.1 Å². The summed E-state index contributed by atoms with van der Waals surface area (Å²) in [5, 5.41) is 2.63. The molecule has 1 nitrogen and oxygen atoms in total. The summed E-state index contributed by atoms with van der Waals surface area (Å²) in [7, 11) is 0. The maximum Gasteiger partial charge on any atom is 0.416 e. The minimum atomic E-state index is -4.75. The molecule has 1 aliphatic rings. The van der Waals surface area contributed by atoms with Gasteiger partial charge in [-0.1, -0.05) is 18.2 Å². The van der Waals surface area contributed by atoms with Crippen molar-refractivity contribution in [1.82, 2.24) is 5.32 Å². The number of rotatable bonds is 2. The summed E-state index contributed by atoms with van der Waals surface area (Å²) in [6.07, 6.45) is -4.75. The van der Waals surface area contributed by atoms with Gasteiger partial charge in [-0.2, -0.15) is 13.2 Å². The quantitative estimate of drug-likeness (QED) is 0.797. The van der Waals surface area contributed by atoms with Crippen molar-refractivity contribution in [2.24, 2.45) is 5.92 Å². The van der Waals surface area contributed by atoms with Gasteiger partial charge in [0.15, 0.2) is 0 Å². The van der Waals surface area contributed by atoms with Gasteiger partial charge < -0.3 is 5.32 Å². The van der Waals surface area contributed by atoms with Crippen LogP contribution in [0.5, 0.6) is 0 Å². The summed E-state index contributed by atoms with van der Waals surface area (Å²) < 4.78 is 65.5. The van der Waals surface area contributed by atoms with Crippen LogP contribution in [0, 0.1) is 5.92 Å². The smallest absolute Gasteiger partial charge is 0.316 e. The summed E-state index contributed by atoms with van der Waals surface area (Å²) in [4.78, 5) is 0. The zero-order chi connectivity index (χ0) is 12.7. The third kappa shape index (κ3) is 2.13. The van der Waals surface area contributed by atoms with E-state index in [4.69, 9.17) is 0 Å². The van der Waals surface area contributed by atoms with Crippen LogP contribution in [0.4, 0.5) is 22.0 Å². The first-order valence-corrected chi connectivity index (χ1v) is 5.08. The Morgan fingerprint density at radius 3 is 1.88 bits per heavy atom. The summed E-state index contributed by atoms with van der Waals surface area (Å²) in [5.41, 5.74) is -2.18. The second-order valence-corrected chi connectivity index (χ2v) is 4.02. The van der Waals surface area contributed by atoms with Gasteiger partial charge in [-0.05, 0) is 6.07 Å². The Hall–Kier alpha value is -1.17. The van der Waals surface area contributed by atoms with E-state index in [0.717, 1.165) is 12.1 Å². The average Bonchev–Trinajstić information content (AvgIpc) is 2.13. The predicted molar refractivity (Wildman–Crippen MR) is 51.7 cm³/mol. The summed E-state index contributed by atoms with van der Waals surface area (Å²) >= 11 is 0. The number of alkyl halides is 5. The van der Waals surface area contributed by atoms with Crippen LogP contribution < -0.4 is 5.32 Å².